The molecule has 2 fully saturated rings. The maximum atomic E-state index is 10.3. The van der Waals surface area contributed by atoms with E-state index < -0.39 is 0 Å². The third-order valence-corrected chi connectivity index (χ3v) is 5.14. The van der Waals surface area contributed by atoms with Crippen LogP contribution in [0.5, 0.6) is 11.5 Å². The van der Waals surface area contributed by atoms with E-state index in [1.807, 2.05) is 6.07 Å². The maximum Gasteiger partial charge on any atom is 0.122 e. The van der Waals surface area contributed by atoms with Crippen molar-refractivity contribution in [3.8, 4) is 11.5 Å². The third-order valence-electron chi connectivity index (χ3n) is 5.14. The van der Waals surface area contributed by atoms with E-state index in [1.165, 1.54) is 5.56 Å². The van der Waals surface area contributed by atoms with Crippen LogP contribution < -0.4 is 9.47 Å². The highest BCUT2D eigenvalue weighted by atomic mass is 16.5. The van der Waals surface area contributed by atoms with Crippen LogP contribution in [0.4, 0.5) is 0 Å². The molecule has 0 aromatic heterocycles. The van der Waals surface area contributed by atoms with Gasteiger partial charge in [0, 0.05) is 32.3 Å². The highest BCUT2D eigenvalue weighted by Crippen LogP contribution is 2.35. The zero-order valence-electron chi connectivity index (χ0n) is 14.1. The first-order valence-corrected chi connectivity index (χ1v) is 8.41. The van der Waals surface area contributed by atoms with E-state index in [1.54, 1.807) is 14.2 Å². The molecule has 5 nitrogen and oxygen atoms in total. The third kappa shape index (κ3) is 3.62. The van der Waals surface area contributed by atoms with Gasteiger partial charge in [0.15, 0.2) is 0 Å². The molecule has 3 rings (SSSR count). The summed E-state index contributed by atoms with van der Waals surface area (Å²) in [6.07, 6.45) is 3.32. The second-order valence-electron chi connectivity index (χ2n) is 6.57. The highest BCUT2D eigenvalue weighted by Gasteiger charge is 2.43. The van der Waals surface area contributed by atoms with Crippen LogP contribution in [0, 0.1) is 0 Å². The maximum absolute atomic E-state index is 10.3. The van der Waals surface area contributed by atoms with Gasteiger partial charge in [-0.25, -0.2) is 0 Å². The molecule has 1 aromatic carbocycles. The number of rotatable bonds is 4. The largest absolute Gasteiger partial charge is 0.497 e. The summed E-state index contributed by atoms with van der Waals surface area (Å²) in [6.45, 7) is 3.52. The number of likely N-dealkylation sites (tertiary alicyclic amines) is 1. The monoisotopic (exact) mass is 321 g/mol. The summed E-state index contributed by atoms with van der Waals surface area (Å²) in [5, 5.41) is 10.3. The molecular weight excluding hydrogens is 294 g/mol. The Balaban J connectivity index is 1.62. The van der Waals surface area contributed by atoms with Crippen LogP contribution in [-0.2, 0) is 11.3 Å². The zero-order chi connectivity index (χ0) is 16.3. The number of aliphatic hydroxyl groups excluding tert-OH is 1. The van der Waals surface area contributed by atoms with E-state index in [-0.39, 0.29) is 11.7 Å². The number of piperidine rings is 1. The van der Waals surface area contributed by atoms with Crippen molar-refractivity contribution in [3.63, 3.8) is 0 Å². The zero-order valence-corrected chi connectivity index (χ0v) is 14.1. The Morgan fingerprint density at radius 3 is 2.39 bits per heavy atom. The Kier molecular flexibility index (Phi) is 5.09. The molecule has 0 saturated carbocycles. The molecule has 1 atom stereocenters. The van der Waals surface area contributed by atoms with E-state index >= 15 is 0 Å². The molecule has 0 aliphatic carbocycles. The van der Waals surface area contributed by atoms with Crippen molar-refractivity contribution in [1.82, 2.24) is 4.90 Å². The molecule has 2 aliphatic heterocycles. The molecule has 0 unspecified atom stereocenters. The minimum absolute atomic E-state index is 0.305. The topological polar surface area (TPSA) is 51.2 Å². The van der Waals surface area contributed by atoms with Gasteiger partial charge in [-0.2, -0.15) is 0 Å². The standard InChI is InChI=1S/C18H27NO4/c1-21-15-10-14(11-16(12-15)22-2)13-19-7-5-18(6-8-19)17(20)4-3-9-23-18/h10-12,17,20H,3-9,13H2,1-2H3/t17-/m1/s1. The molecule has 128 valence electrons. The summed E-state index contributed by atoms with van der Waals surface area (Å²) in [6, 6.07) is 6.00. The number of benzene rings is 1. The summed E-state index contributed by atoms with van der Waals surface area (Å²) in [5.41, 5.74) is 0.878. The minimum Gasteiger partial charge on any atom is -0.497 e. The Hall–Kier alpha value is -1.30. The van der Waals surface area contributed by atoms with Crippen molar-refractivity contribution in [1.29, 1.82) is 0 Å². The van der Waals surface area contributed by atoms with Gasteiger partial charge in [-0.3, -0.25) is 4.90 Å². The number of hydrogen-bond acceptors (Lipinski definition) is 5. The van der Waals surface area contributed by atoms with Crippen molar-refractivity contribution in [3.05, 3.63) is 23.8 Å². The van der Waals surface area contributed by atoms with Crippen molar-refractivity contribution in [2.75, 3.05) is 33.9 Å². The van der Waals surface area contributed by atoms with Crippen LogP contribution in [0.1, 0.15) is 31.2 Å². The number of methoxy groups -OCH3 is 2. The molecule has 2 heterocycles. The van der Waals surface area contributed by atoms with Gasteiger partial charge in [0.25, 0.3) is 0 Å². The SMILES string of the molecule is COc1cc(CN2CCC3(CC2)OCCC[C@H]3O)cc(OC)c1. The molecule has 1 spiro atoms. The molecule has 5 heteroatoms. The molecule has 0 amide bonds. The van der Waals surface area contributed by atoms with Crippen LogP contribution in [0.25, 0.3) is 0 Å². The van der Waals surface area contributed by atoms with Gasteiger partial charge in [-0.15, -0.1) is 0 Å². The summed E-state index contributed by atoms with van der Waals surface area (Å²) >= 11 is 0. The van der Waals surface area contributed by atoms with Crippen LogP contribution in [-0.4, -0.2) is 55.6 Å². The number of hydrogen-bond donors (Lipinski definition) is 1. The molecular formula is C18H27NO4. The number of aliphatic hydroxyl groups is 1. The second-order valence-corrected chi connectivity index (χ2v) is 6.57. The van der Waals surface area contributed by atoms with E-state index in [9.17, 15) is 5.11 Å². The molecule has 1 aromatic rings. The van der Waals surface area contributed by atoms with Gasteiger partial charge in [-0.1, -0.05) is 0 Å². The second kappa shape index (κ2) is 7.07. The lowest BCUT2D eigenvalue weighted by Crippen LogP contribution is -2.55. The van der Waals surface area contributed by atoms with Gasteiger partial charge in [-0.05, 0) is 43.4 Å². The van der Waals surface area contributed by atoms with E-state index in [0.29, 0.717) is 0 Å². The average molecular weight is 321 g/mol. The Labute approximate surface area is 138 Å². The van der Waals surface area contributed by atoms with Crippen molar-refractivity contribution in [2.24, 2.45) is 0 Å². The molecule has 2 saturated heterocycles. The van der Waals surface area contributed by atoms with Crippen LogP contribution in [0.3, 0.4) is 0 Å². The molecule has 2 aliphatic rings. The van der Waals surface area contributed by atoms with Crippen molar-refractivity contribution in [2.45, 2.75) is 43.9 Å². The van der Waals surface area contributed by atoms with Gasteiger partial charge < -0.3 is 19.3 Å². The van der Waals surface area contributed by atoms with Crippen molar-refractivity contribution < 1.29 is 19.3 Å². The fourth-order valence-corrected chi connectivity index (χ4v) is 3.69. The predicted octanol–water partition coefficient (Wildman–Crippen LogP) is 2.21. The fourth-order valence-electron chi connectivity index (χ4n) is 3.69. The molecule has 1 N–H and O–H groups in total. The van der Waals surface area contributed by atoms with E-state index in [0.717, 1.165) is 63.4 Å². The predicted molar refractivity (Wildman–Crippen MR) is 88.0 cm³/mol. The first-order valence-electron chi connectivity index (χ1n) is 8.41. The van der Waals surface area contributed by atoms with Crippen LogP contribution in [0.15, 0.2) is 18.2 Å². The first-order chi connectivity index (χ1) is 11.1. The average Bonchev–Trinajstić information content (AvgIpc) is 2.59. The Morgan fingerprint density at radius 1 is 1.17 bits per heavy atom. The Morgan fingerprint density at radius 2 is 1.83 bits per heavy atom. The van der Waals surface area contributed by atoms with Crippen LogP contribution >= 0.6 is 0 Å². The smallest absolute Gasteiger partial charge is 0.122 e. The highest BCUT2D eigenvalue weighted by molar-refractivity contribution is 5.38. The lowest BCUT2D eigenvalue weighted by atomic mass is 9.82. The quantitative estimate of drug-likeness (QED) is 0.921. The molecule has 0 radical (unpaired) electrons. The van der Waals surface area contributed by atoms with Crippen molar-refractivity contribution >= 4 is 0 Å². The van der Waals surface area contributed by atoms with Gasteiger partial charge in [0.2, 0.25) is 0 Å². The summed E-state index contributed by atoms with van der Waals surface area (Å²) in [7, 11) is 3.34. The molecule has 0 bridgehead atoms. The minimum atomic E-state index is -0.310. The van der Waals surface area contributed by atoms with Crippen LogP contribution in [0.2, 0.25) is 0 Å². The molecule has 23 heavy (non-hydrogen) atoms. The summed E-state index contributed by atoms with van der Waals surface area (Å²) in [4.78, 5) is 2.41. The Bertz CT molecular complexity index is 504. The number of nitrogens with zero attached hydrogens (tertiary/aromatic N) is 1. The van der Waals surface area contributed by atoms with Gasteiger partial charge >= 0.3 is 0 Å². The van der Waals surface area contributed by atoms with Gasteiger partial charge in [0.1, 0.15) is 11.5 Å². The fraction of sp³-hybridized carbons (Fsp3) is 0.667. The number of ether oxygens (including phenoxy) is 3. The first kappa shape index (κ1) is 16.6. The van der Waals surface area contributed by atoms with E-state index in [4.69, 9.17) is 14.2 Å². The van der Waals surface area contributed by atoms with Gasteiger partial charge in [0.05, 0.1) is 25.9 Å². The van der Waals surface area contributed by atoms with E-state index in [2.05, 4.69) is 17.0 Å². The summed E-state index contributed by atoms with van der Waals surface area (Å²) < 4.78 is 16.7. The lowest BCUT2D eigenvalue weighted by molar-refractivity contribution is -0.177. The summed E-state index contributed by atoms with van der Waals surface area (Å²) in [5.74, 6) is 1.64. The lowest BCUT2D eigenvalue weighted by Gasteiger charge is -2.46. The normalized spacial score (nSPS) is 24.6.